The molecule has 0 aliphatic carbocycles. The molecule has 168 valence electrons. The van der Waals surface area contributed by atoms with Crippen molar-refractivity contribution in [1.29, 1.82) is 0 Å². The lowest BCUT2D eigenvalue weighted by Gasteiger charge is -2.46. The Morgan fingerprint density at radius 2 is 2.06 bits per heavy atom. The second kappa shape index (κ2) is 8.78. The van der Waals surface area contributed by atoms with Gasteiger partial charge in [0.05, 0.1) is 21.6 Å². The zero-order valence-electron chi connectivity index (χ0n) is 17.0. The first-order chi connectivity index (χ1) is 15.1. The van der Waals surface area contributed by atoms with Gasteiger partial charge < -0.3 is 10.4 Å². The van der Waals surface area contributed by atoms with Gasteiger partial charge in [0.15, 0.2) is 0 Å². The van der Waals surface area contributed by atoms with Gasteiger partial charge in [-0.05, 0) is 81.5 Å². The van der Waals surface area contributed by atoms with E-state index < -0.39 is 23.2 Å². The van der Waals surface area contributed by atoms with Crippen molar-refractivity contribution < 1.29 is 19.1 Å². The van der Waals surface area contributed by atoms with E-state index >= 15 is 0 Å². The van der Waals surface area contributed by atoms with E-state index in [4.69, 9.17) is 11.6 Å². The van der Waals surface area contributed by atoms with E-state index in [0.29, 0.717) is 33.7 Å². The summed E-state index contributed by atoms with van der Waals surface area (Å²) in [5.74, 6) is -2.10. The molecule has 2 aliphatic rings. The monoisotopic (exact) mass is 585 g/mol. The maximum atomic E-state index is 14.1. The molecule has 2 aromatic carbocycles. The lowest BCUT2D eigenvalue weighted by Crippen LogP contribution is -2.60. The normalized spacial score (nSPS) is 21.2. The van der Waals surface area contributed by atoms with Crippen LogP contribution in [0, 0.1) is 5.82 Å². The topological polar surface area (TPSA) is 72.9 Å². The summed E-state index contributed by atoms with van der Waals surface area (Å²) in [5, 5.41) is 17.2. The smallest absolute Gasteiger partial charge is 0.277 e. The van der Waals surface area contributed by atoms with Gasteiger partial charge in [0.2, 0.25) is 0 Å². The molecule has 2 aromatic rings. The van der Waals surface area contributed by atoms with E-state index in [-0.39, 0.29) is 22.3 Å². The average Bonchev–Trinajstić information content (AvgIpc) is 3.14. The Labute approximate surface area is 206 Å². The minimum absolute atomic E-state index is 0.0426. The van der Waals surface area contributed by atoms with Crippen LogP contribution < -0.4 is 5.32 Å². The van der Waals surface area contributed by atoms with Gasteiger partial charge in [0.25, 0.3) is 11.8 Å². The molecular formula is C22H19Br2ClFN3O3. The van der Waals surface area contributed by atoms with Crippen molar-refractivity contribution in [3.8, 4) is 0 Å². The van der Waals surface area contributed by atoms with Gasteiger partial charge in [-0.1, -0.05) is 23.7 Å². The molecule has 1 fully saturated rings. The van der Waals surface area contributed by atoms with E-state index in [2.05, 4.69) is 37.2 Å². The summed E-state index contributed by atoms with van der Waals surface area (Å²) in [6.07, 6.45) is 1.29. The quantitative estimate of drug-likeness (QED) is 0.459. The van der Waals surface area contributed by atoms with Crippen LogP contribution in [0.1, 0.15) is 25.3 Å². The number of carbonyl (C=O) groups excluding carboxylic acids is 2. The van der Waals surface area contributed by atoms with E-state index in [1.54, 1.807) is 42.3 Å². The van der Waals surface area contributed by atoms with Gasteiger partial charge in [-0.25, -0.2) is 9.40 Å². The molecule has 0 bridgehead atoms. The summed E-state index contributed by atoms with van der Waals surface area (Å²) < 4.78 is 15.0. The van der Waals surface area contributed by atoms with Crippen LogP contribution in [0.25, 0.3) is 0 Å². The van der Waals surface area contributed by atoms with Crippen LogP contribution in [0.4, 0.5) is 10.1 Å². The number of hydrogen-bond donors (Lipinski definition) is 2. The number of nitrogens with one attached hydrogen (secondary N) is 1. The summed E-state index contributed by atoms with van der Waals surface area (Å²) in [6, 6.07) is 9.42. The lowest BCUT2D eigenvalue weighted by atomic mass is 9.90. The molecule has 0 aromatic heterocycles. The Hall–Kier alpha value is -1.94. The highest BCUT2D eigenvalue weighted by molar-refractivity contribution is 9.10. The second-order valence-corrected chi connectivity index (χ2v) is 9.94. The minimum Gasteiger partial charge on any atom is -0.509 e. The third kappa shape index (κ3) is 3.96. The molecule has 4 rings (SSSR count). The van der Waals surface area contributed by atoms with Crippen LogP contribution in [0.15, 0.2) is 56.7 Å². The van der Waals surface area contributed by atoms with Crippen molar-refractivity contribution in [3.05, 3.63) is 73.1 Å². The molecule has 2 aliphatic heterocycles. The fourth-order valence-corrected chi connectivity index (χ4v) is 4.96. The predicted octanol–water partition coefficient (Wildman–Crippen LogP) is 5.57. The minimum atomic E-state index is -0.919. The summed E-state index contributed by atoms with van der Waals surface area (Å²) in [4.78, 5) is 26.6. The molecule has 6 nitrogen and oxygen atoms in total. The zero-order chi connectivity index (χ0) is 23.2. The van der Waals surface area contributed by atoms with Gasteiger partial charge in [0.1, 0.15) is 17.1 Å². The van der Waals surface area contributed by atoms with Crippen molar-refractivity contribution in [3.63, 3.8) is 0 Å². The van der Waals surface area contributed by atoms with Gasteiger partial charge in [0, 0.05) is 16.7 Å². The number of benzene rings is 2. The molecule has 1 saturated heterocycles. The fourth-order valence-electron chi connectivity index (χ4n) is 4.15. The van der Waals surface area contributed by atoms with Crippen molar-refractivity contribution in [2.75, 3.05) is 11.9 Å². The first-order valence-corrected chi connectivity index (χ1v) is 11.8. The van der Waals surface area contributed by atoms with Crippen molar-refractivity contribution in [2.45, 2.75) is 31.8 Å². The molecular weight excluding hydrogens is 569 g/mol. The van der Waals surface area contributed by atoms with Crippen LogP contribution in [-0.2, 0) is 16.1 Å². The van der Waals surface area contributed by atoms with E-state index in [9.17, 15) is 19.1 Å². The third-order valence-electron chi connectivity index (χ3n) is 5.85. The van der Waals surface area contributed by atoms with Crippen LogP contribution in [0.5, 0.6) is 0 Å². The summed E-state index contributed by atoms with van der Waals surface area (Å²) in [6.45, 7) is 2.36. The number of rotatable bonds is 4. The molecule has 2 N–H and O–H groups in total. The molecule has 10 heteroatoms. The number of carbonyl (C=O) groups is 2. The van der Waals surface area contributed by atoms with E-state index in [0.717, 1.165) is 6.42 Å². The largest absolute Gasteiger partial charge is 0.509 e. The zero-order valence-corrected chi connectivity index (χ0v) is 20.9. The molecule has 2 heterocycles. The standard InChI is InChI=1S/C22H19Br2ClFN3O3/c1-22-8-3-9-29(22)28(11-12-4-2-5-16(26)18(12)24)21(32)17(19(22)30)20(31)27-13-6-7-14(23)15(25)10-13/h2,4-7,10,30H,3,8-9,11H2,1H3,(H,27,31)/t22-/m1/s1. The molecule has 0 spiro atoms. The summed E-state index contributed by atoms with van der Waals surface area (Å²) in [5.41, 5.74) is -0.321. The van der Waals surface area contributed by atoms with Crippen molar-refractivity contribution in [1.82, 2.24) is 10.0 Å². The Morgan fingerprint density at radius 1 is 1.31 bits per heavy atom. The van der Waals surface area contributed by atoms with Gasteiger partial charge in [-0.2, -0.15) is 0 Å². The number of hydrogen-bond acceptors (Lipinski definition) is 4. The number of hydrazine groups is 1. The maximum Gasteiger partial charge on any atom is 0.277 e. The van der Waals surface area contributed by atoms with Gasteiger partial charge >= 0.3 is 0 Å². The SMILES string of the molecule is C[C@]12CCCN1N(Cc1cccc(F)c1Br)C(=O)C(C(=O)Nc1ccc(Br)c(Cl)c1)=C2O. The molecule has 0 unspecified atom stereocenters. The Kier molecular flexibility index (Phi) is 6.37. The third-order valence-corrected chi connectivity index (χ3v) is 7.97. The Bertz CT molecular complexity index is 1160. The van der Waals surface area contributed by atoms with Crippen molar-refractivity contribution >= 4 is 61.0 Å². The summed E-state index contributed by atoms with van der Waals surface area (Å²) in [7, 11) is 0. The first-order valence-electron chi connectivity index (χ1n) is 9.86. The number of halogens is 4. The predicted molar refractivity (Wildman–Crippen MR) is 126 cm³/mol. The lowest BCUT2D eigenvalue weighted by molar-refractivity contribution is -0.160. The number of amides is 2. The number of aliphatic hydroxyl groups is 1. The van der Waals surface area contributed by atoms with E-state index in [1.807, 2.05) is 0 Å². The maximum absolute atomic E-state index is 14.1. The average molecular weight is 588 g/mol. The Balaban J connectivity index is 1.71. The highest BCUT2D eigenvalue weighted by Gasteiger charge is 2.52. The van der Waals surface area contributed by atoms with Crippen LogP contribution in [-0.4, -0.2) is 39.0 Å². The van der Waals surface area contributed by atoms with Crippen LogP contribution in [0.2, 0.25) is 5.02 Å². The number of aliphatic hydroxyl groups excluding tert-OH is 1. The molecule has 0 radical (unpaired) electrons. The van der Waals surface area contributed by atoms with E-state index in [1.165, 1.54) is 11.1 Å². The highest BCUT2D eigenvalue weighted by atomic mass is 79.9. The van der Waals surface area contributed by atoms with Crippen LogP contribution >= 0.6 is 43.5 Å². The van der Waals surface area contributed by atoms with Crippen LogP contribution in [0.3, 0.4) is 0 Å². The number of fused-ring (bicyclic) bond motifs is 1. The van der Waals surface area contributed by atoms with Gasteiger partial charge in [-0.15, -0.1) is 0 Å². The molecule has 32 heavy (non-hydrogen) atoms. The first kappa shape index (κ1) is 23.2. The summed E-state index contributed by atoms with van der Waals surface area (Å²) >= 11 is 12.6. The molecule has 0 saturated carbocycles. The number of anilines is 1. The molecule has 1 atom stereocenters. The second-order valence-electron chi connectivity index (χ2n) is 7.88. The fraction of sp³-hybridized carbons (Fsp3) is 0.273. The van der Waals surface area contributed by atoms with Crippen molar-refractivity contribution in [2.24, 2.45) is 0 Å². The highest BCUT2D eigenvalue weighted by Crippen LogP contribution is 2.42. The molecule has 2 amide bonds. The Morgan fingerprint density at radius 3 is 2.78 bits per heavy atom. The number of nitrogens with zero attached hydrogens (tertiary/aromatic N) is 2. The van der Waals surface area contributed by atoms with Gasteiger partial charge in [-0.3, -0.25) is 14.6 Å².